The van der Waals surface area contributed by atoms with Crippen LogP contribution >= 0.6 is 0 Å². The van der Waals surface area contributed by atoms with Crippen LogP contribution in [0.3, 0.4) is 0 Å². The monoisotopic (exact) mass is 647 g/mol. The maximum absolute atomic E-state index is 13.2. The molecule has 0 saturated carbocycles. The number of carbonyl (C=O) groups is 2. The van der Waals surface area contributed by atoms with Gasteiger partial charge in [0, 0.05) is 12.8 Å². The van der Waals surface area contributed by atoms with E-state index in [1.807, 2.05) is 13.8 Å². The molecule has 0 heterocycles. The zero-order chi connectivity index (χ0) is 34.1. The summed E-state index contributed by atoms with van der Waals surface area (Å²) in [6, 6.07) is 0. The summed E-state index contributed by atoms with van der Waals surface area (Å²) in [5.41, 5.74) is -1.000. The lowest BCUT2D eigenvalue weighted by atomic mass is 9.78. The van der Waals surface area contributed by atoms with Crippen molar-refractivity contribution in [3.8, 4) is 0 Å². The van der Waals surface area contributed by atoms with Crippen molar-refractivity contribution >= 4 is 11.6 Å². The first-order valence-corrected chi connectivity index (χ1v) is 20.8. The fraction of sp³-hybridized carbons (Fsp3) is 0.907. The SMILES string of the molecule is CCCCCCCCCCCCCCCCCC(=O)/C=C(/C)C(O)(C(=O)CCCCCCCCCCCCCCCCC)C(C)C. The summed E-state index contributed by atoms with van der Waals surface area (Å²) < 4.78 is 0. The van der Waals surface area contributed by atoms with Gasteiger partial charge in [-0.1, -0.05) is 207 Å². The van der Waals surface area contributed by atoms with Gasteiger partial charge >= 0.3 is 0 Å². The molecule has 0 amide bonds. The smallest absolute Gasteiger partial charge is 0.168 e. The average Bonchev–Trinajstić information content (AvgIpc) is 3.03. The highest BCUT2D eigenvalue weighted by Gasteiger charge is 2.40. The summed E-state index contributed by atoms with van der Waals surface area (Å²) in [4.78, 5) is 25.9. The van der Waals surface area contributed by atoms with Crippen molar-refractivity contribution in [1.82, 2.24) is 0 Å². The van der Waals surface area contributed by atoms with Crippen molar-refractivity contribution in [2.75, 3.05) is 0 Å². The zero-order valence-corrected chi connectivity index (χ0v) is 32.0. The highest BCUT2D eigenvalue weighted by molar-refractivity contribution is 5.95. The van der Waals surface area contributed by atoms with Crippen LogP contribution in [-0.4, -0.2) is 22.3 Å². The Bertz CT molecular complexity index is 724. The molecular formula is C43H82O3. The van der Waals surface area contributed by atoms with Crippen LogP contribution in [0, 0.1) is 5.92 Å². The predicted molar refractivity (Wildman–Crippen MR) is 203 cm³/mol. The molecule has 0 aliphatic heterocycles. The first-order chi connectivity index (χ1) is 22.3. The molecule has 0 aliphatic rings. The van der Waals surface area contributed by atoms with E-state index in [1.165, 1.54) is 161 Å². The van der Waals surface area contributed by atoms with Crippen molar-refractivity contribution in [2.24, 2.45) is 5.92 Å². The van der Waals surface area contributed by atoms with Crippen LogP contribution in [0.25, 0.3) is 0 Å². The largest absolute Gasteiger partial charge is 0.377 e. The molecule has 0 bridgehead atoms. The number of carbonyl (C=O) groups excluding carboxylic acids is 2. The van der Waals surface area contributed by atoms with E-state index in [0.29, 0.717) is 18.4 Å². The number of allylic oxidation sites excluding steroid dienone is 1. The third-order valence-corrected chi connectivity index (χ3v) is 10.3. The average molecular weight is 647 g/mol. The summed E-state index contributed by atoms with van der Waals surface area (Å²) in [5, 5.41) is 11.4. The van der Waals surface area contributed by atoms with Gasteiger partial charge in [-0.05, 0) is 37.3 Å². The van der Waals surface area contributed by atoms with E-state index in [2.05, 4.69) is 13.8 Å². The molecule has 0 spiro atoms. The first kappa shape index (κ1) is 45.0. The number of Topliss-reactive ketones (excluding diaryl/α,β-unsaturated/α-hetero) is 1. The van der Waals surface area contributed by atoms with Crippen molar-refractivity contribution in [1.29, 1.82) is 0 Å². The molecule has 0 saturated heterocycles. The summed E-state index contributed by atoms with van der Waals surface area (Å²) in [6.45, 7) is 10.1. The van der Waals surface area contributed by atoms with Gasteiger partial charge < -0.3 is 5.11 Å². The highest BCUT2D eigenvalue weighted by Crippen LogP contribution is 2.29. The third kappa shape index (κ3) is 25.1. The molecule has 1 atom stereocenters. The van der Waals surface area contributed by atoms with Crippen LogP contribution in [0.2, 0.25) is 0 Å². The number of hydrogen-bond acceptors (Lipinski definition) is 3. The molecule has 0 aromatic carbocycles. The summed E-state index contributed by atoms with van der Waals surface area (Å²) >= 11 is 0. The van der Waals surface area contributed by atoms with Crippen molar-refractivity contribution < 1.29 is 14.7 Å². The molecule has 3 nitrogen and oxygen atoms in total. The first-order valence-electron chi connectivity index (χ1n) is 20.8. The van der Waals surface area contributed by atoms with Gasteiger partial charge in [0.05, 0.1) is 0 Å². The highest BCUT2D eigenvalue weighted by atomic mass is 16.3. The molecule has 0 rings (SSSR count). The van der Waals surface area contributed by atoms with Crippen LogP contribution in [-0.2, 0) is 9.59 Å². The molecule has 0 fully saturated rings. The molecule has 46 heavy (non-hydrogen) atoms. The maximum Gasteiger partial charge on any atom is 0.168 e. The second-order valence-electron chi connectivity index (χ2n) is 15.0. The molecule has 0 radical (unpaired) electrons. The predicted octanol–water partition coefficient (Wildman–Crippen LogP) is 14.0. The lowest BCUT2D eigenvalue weighted by Gasteiger charge is -2.32. The van der Waals surface area contributed by atoms with E-state index in [1.54, 1.807) is 13.0 Å². The fourth-order valence-electron chi connectivity index (χ4n) is 6.94. The van der Waals surface area contributed by atoms with Gasteiger partial charge in [-0.3, -0.25) is 9.59 Å². The molecular weight excluding hydrogens is 564 g/mol. The van der Waals surface area contributed by atoms with Crippen molar-refractivity contribution in [3.63, 3.8) is 0 Å². The molecule has 1 N–H and O–H groups in total. The maximum atomic E-state index is 13.2. The molecule has 0 aliphatic carbocycles. The Balaban J connectivity index is 3.99. The lowest BCUT2D eigenvalue weighted by Crippen LogP contribution is -2.45. The van der Waals surface area contributed by atoms with Crippen LogP contribution in [0.1, 0.15) is 240 Å². The Morgan fingerprint density at radius 3 is 1.02 bits per heavy atom. The third-order valence-electron chi connectivity index (χ3n) is 10.3. The van der Waals surface area contributed by atoms with Gasteiger partial charge in [0.1, 0.15) is 5.60 Å². The van der Waals surface area contributed by atoms with E-state index in [-0.39, 0.29) is 17.5 Å². The van der Waals surface area contributed by atoms with Crippen LogP contribution in [0.4, 0.5) is 0 Å². The zero-order valence-electron chi connectivity index (χ0n) is 32.0. The minimum Gasteiger partial charge on any atom is -0.377 e. The number of aliphatic hydroxyl groups is 1. The number of ketones is 2. The number of rotatable bonds is 36. The van der Waals surface area contributed by atoms with Gasteiger partial charge in [-0.2, -0.15) is 0 Å². The van der Waals surface area contributed by atoms with Gasteiger partial charge in [-0.25, -0.2) is 0 Å². The van der Waals surface area contributed by atoms with Crippen molar-refractivity contribution in [3.05, 3.63) is 11.6 Å². The molecule has 1 unspecified atom stereocenters. The number of hydrogen-bond donors (Lipinski definition) is 1. The summed E-state index contributed by atoms with van der Waals surface area (Å²) in [6.07, 6.45) is 41.5. The minimum absolute atomic E-state index is 0.0473. The van der Waals surface area contributed by atoms with E-state index in [9.17, 15) is 14.7 Å². The molecule has 272 valence electrons. The summed E-state index contributed by atoms with van der Waals surface area (Å²) in [5.74, 6) is -0.317. The quantitative estimate of drug-likeness (QED) is 0.0544. The van der Waals surface area contributed by atoms with Crippen LogP contribution in [0.5, 0.6) is 0 Å². The number of unbranched alkanes of at least 4 members (excludes halogenated alkanes) is 28. The standard InChI is InChI=1S/C43H82O3/c1-6-8-10-12-14-16-18-20-22-24-26-28-30-32-34-36-41(44)38-40(5)43(46,39(3)4)42(45)37-35-33-31-29-27-25-23-21-19-17-15-13-11-9-7-2/h38-39,46H,6-37H2,1-5H3/b40-38-. The van der Waals surface area contributed by atoms with E-state index in [0.717, 1.165) is 32.1 Å². The Kier molecular flexibility index (Phi) is 31.9. The summed E-state index contributed by atoms with van der Waals surface area (Å²) in [7, 11) is 0. The van der Waals surface area contributed by atoms with Crippen molar-refractivity contribution in [2.45, 2.75) is 246 Å². The Hall–Kier alpha value is -0.960. The Morgan fingerprint density at radius 1 is 0.478 bits per heavy atom. The fourth-order valence-corrected chi connectivity index (χ4v) is 6.94. The lowest BCUT2D eigenvalue weighted by molar-refractivity contribution is -0.137. The second-order valence-corrected chi connectivity index (χ2v) is 15.0. The van der Waals surface area contributed by atoms with Gasteiger partial charge in [0.15, 0.2) is 11.6 Å². The van der Waals surface area contributed by atoms with Crippen LogP contribution in [0.15, 0.2) is 11.6 Å². The normalized spacial score (nSPS) is 13.4. The Morgan fingerprint density at radius 2 is 0.739 bits per heavy atom. The topological polar surface area (TPSA) is 54.4 Å². The van der Waals surface area contributed by atoms with E-state index < -0.39 is 5.60 Å². The van der Waals surface area contributed by atoms with Gasteiger partial charge in [0.2, 0.25) is 0 Å². The van der Waals surface area contributed by atoms with Gasteiger partial charge in [0.25, 0.3) is 0 Å². The molecule has 0 aromatic heterocycles. The molecule has 0 aromatic rings. The minimum atomic E-state index is -1.53. The second kappa shape index (κ2) is 32.6. The Labute approximate surface area is 288 Å². The molecule has 3 heteroatoms. The van der Waals surface area contributed by atoms with Gasteiger partial charge in [-0.15, -0.1) is 0 Å². The van der Waals surface area contributed by atoms with Crippen LogP contribution < -0.4 is 0 Å². The van der Waals surface area contributed by atoms with E-state index >= 15 is 0 Å². The van der Waals surface area contributed by atoms with E-state index in [4.69, 9.17) is 0 Å².